The van der Waals surface area contributed by atoms with Crippen LogP contribution < -0.4 is 5.73 Å². The Hall–Kier alpha value is -1.28. The molecule has 162 valence electrons. The van der Waals surface area contributed by atoms with Crippen LogP contribution in [0, 0.1) is 11.8 Å². The number of fused-ring (bicyclic) bond motifs is 2. The highest BCUT2D eigenvalue weighted by atomic mass is 35.5. The van der Waals surface area contributed by atoms with Gasteiger partial charge in [0.1, 0.15) is 17.0 Å². The predicted octanol–water partition coefficient (Wildman–Crippen LogP) is 2.69. The Balaban J connectivity index is 0.00000240. The highest BCUT2D eigenvalue weighted by Gasteiger charge is 2.54. The number of carbonyl (C=O) groups excluding carboxylic acids is 1. The molecule has 1 aromatic heterocycles. The van der Waals surface area contributed by atoms with Gasteiger partial charge in [0.05, 0.1) is 0 Å². The highest BCUT2D eigenvalue weighted by molar-refractivity contribution is 5.90. The van der Waals surface area contributed by atoms with Crippen LogP contribution in [0.5, 0.6) is 0 Å². The molecule has 2 N–H and O–H groups in total. The van der Waals surface area contributed by atoms with Crippen molar-refractivity contribution < 1.29 is 18.7 Å². The molecular formula is C21H31ClFN3O3. The van der Waals surface area contributed by atoms with Gasteiger partial charge >= 0.3 is 0 Å². The minimum atomic E-state index is -1.16. The van der Waals surface area contributed by atoms with Gasteiger partial charge in [-0.2, -0.15) is 0 Å². The van der Waals surface area contributed by atoms with Crippen LogP contribution in [0.2, 0.25) is 0 Å². The summed E-state index contributed by atoms with van der Waals surface area (Å²) in [6.07, 6.45) is 5.78. The number of hydrogen-bond donors (Lipinski definition) is 1. The van der Waals surface area contributed by atoms with Gasteiger partial charge < -0.3 is 15.2 Å². The van der Waals surface area contributed by atoms with E-state index in [1.54, 1.807) is 19.4 Å². The van der Waals surface area contributed by atoms with Gasteiger partial charge in [0.15, 0.2) is 0 Å². The lowest BCUT2D eigenvalue weighted by Gasteiger charge is -2.56. The number of nitrogens with zero attached hydrogens (tertiary/aromatic N) is 2. The van der Waals surface area contributed by atoms with Crippen LogP contribution in [-0.4, -0.2) is 61.4 Å². The summed E-state index contributed by atoms with van der Waals surface area (Å²) >= 11 is 0. The molecule has 4 rings (SSSR count). The second kappa shape index (κ2) is 8.84. The van der Waals surface area contributed by atoms with Gasteiger partial charge in [-0.1, -0.05) is 6.42 Å². The molecule has 0 radical (unpaired) electrons. The molecule has 3 aliphatic rings. The van der Waals surface area contributed by atoms with Crippen molar-refractivity contribution >= 4 is 18.3 Å². The Labute approximate surface area is 177 Å². The molecule has 6 nitrogen and oxygen atoms in total. The van der Waals surface area contributed by atoms with E-state index in [-0.39, 0.29) is 29.9 Å². The molecule has 29 heavy (non-hydrogen) atoms. The molecule has 1 aliphatic carbocycles. The number of pyridine rings is 1. The van der Waals surface area contributed by atoms with Crippen LogP contribution in [0.25, 0.3) is 0 Å². The lowest BCUT2D eigenvalue weighted by Crippen LogP contribution is -2.61. The number of piperidine rings is 1. The van der Waals surface area contributed by atoms with Gasteiger partial charge in [0.2, 0.25) is 0 Å². The molecule has 1 amide bonds. The van der Waals surface area contributed by atoms with E-state index in [0.717, 1.165) is 37.9 Å². The number of rotatable bonds is 5. The second-order valence-electron chi connectivity index (χ2n) is 8.57. The number of halogens is 2. The fourth-order valence-corrected chi connectivity index (χ4v) is 5.68. The Morgan fingerprint density at radius 1 is 1.34 bits per heavy atom. The summed E-state index contributed by atoms with van der Waals surface area (Å²) in [6.45, 7) is 3.07. The first-order valence-corrected chi connectivity index (χ1v) is 10.3. The molecule has 0 aromatic carbocycles. The topological polar surface area (TPSA) is 77.7 Å². The average Bonchev–Trinajstić information content (AvgIpc) is 2.67. The van der Waals surface area contributed by atoms with Gasteiger partial charge in [-0.25, -0.2) is 4.39 Å². The van der Waals surface area contributed by atoms with Crippen LogP contribution >= 0.6 is 12.4 Å². The highest BCUT2D eigenvalue weighted by Crippen LogP contribution is 2.51. The van der Waals surface area contributed by atoms with Crippen LogP contribution in [0.15, 0.2) is 18.3 Å². The maximum atomic E-state index is 15.3. The summed E-state index contributed by atoms with van der Waals surface area (Å²) in [5.41, 5.74) is 5.05. The number of aromatic nitrogens is 1. The Bertz CT molecular complexity index is 715. The molecule has 1 saturated carbocycles. The summed E-state index contributed by atoms with van der Waals surface area (Å²) in [4.78, 5) is 18.0. The maximum Gasteiger partial charge on any atom is 0.267 e. The number of amides is 1. The van der Waals surface area contributed by atoms with E-state index in [2.05, 4.69) is 9.88 Å². The van der Waals surface area contributed by atoms with Crippen molar-refractivity contribution in [2.24, 2.45) is 17.6 Å². The lowest BCUT2D eigenvalue weighted by molar-refractivity contribution is -0.175. The molecule has 2 bridgehead atoms. The molecule has 8 heteroatoms. The van der Waals surface area contributed by atoms with E-state index in [0.29, 0.717) is 32.6 Å². The monoisotopic (exact) mass is 427 g/mol. The van der Waals surface area contributed by atoms with E-state index >= 15 is 4.39 Å². The fourth-order valence-electron chi connectivity index (χ4n) is 5.68. The van der Waals surface area contributed by atoms with Gasteiger partial charge in [0, 0.05) is 70.8 Å². The van der Waals surface area contributed by atoms with E-state index in [1.165, 1.54) is 0 Å². The molecule has 3 fully saturated rings. The largest absolute Gasteiger partial charge is 0.381 e. The number of methoxy groups -OCH3 is 1. The van der Waals surface area contributed by atoms with E-state index in [4.69, 9.17) is 15.2 Å². The first-order chi connectivity index (χ1) is 13.5. The molecule has 1 aromatic rings. The van der Waals surface area contributed by atoms with Crippen molar-refractivity contribution in [3.8, 4) is 0 Å². The zero-order chi connectivity index (χ0) is 19.8. The van der Waals surface area contributed by atoms with Crippen molar-refractivity contribution in [1.82, 2.24) is 9.88 Å². The van der Waals surface area contributed by atoms with Gasteiger partial charge in [0.25, 0.3) is 5.91 Å². The van der Waals surface area contributed by atoms with Crippen molar-refractivity contribution in [3.05, 3.63) is 29.6 Å². The van der Waals surface area contributed by atoms with E-state index < -0.39 is 17.2 Å². The first-order valence-electron chi connectivity index (χ1n) is 10.3. The number of nitrogens with two attached hydrogens (primary N) is 1. The minimum absolute atomic E-state index is 0. The van der Waals surface area contributed by atoms with E-state index in [1.807, 2.05) is 6.07 Å². The number of ether oxygens (including phenoxy) is 2. The number of likely N-dealkylation sites (tertiary alicyclic amines) is 1. The first kappa shape index (κ1) is 22.4. The second-order valence-corrected chi connectivity index (χ2v) is 8.57. The van der Waals surface area contributed by atoms with Crippen LogP contribution in [-0.2, 0) is 15.1 Å². The average molecular weight is 428 g/mol. The summed E-state index contributed by atoms with van der Waals surface area (Å²) in [6, 6.07) is 3.72. The maximum absolute atomic E-state index is 15.3. The van der Waals surface area contributed by atoms with Crippen molar-refractivity contribution in [2.45, 2.75) is 43.4 Å². The zero-order valence-electron chi connectivity index (χ0n) is 16.9. The molecule has 3 atom stereocenters. The fraction of sp³-hybridized carbons (Fsp3) is 0.714. The smallest absolute Gasteiger partial charge is 0.267 e. The molecule has 3 heterocycles. The summed E-state index contributed by atoms with van der Waals surface area (Å²) in [5, 5.41) is 0. The van der Waals surface area contributed by atoms with Crippen LogP contribution in [0.3, 0.4) is 0 Å². The van der Waals surface area contributed by atoms with Crippen LogP contribution in [0.4, 0.5) is 4.39 Å². The Morgan fingerprint density at radius 2 is 2.00 bits per heavy atom. The molecule has 2 aliphatic heterocycles. The van der Waals surface area contributed by atoms with Crippen molar-refractivity contribution in [2.75, 3.05) is 40.0 Å². The van der Waals surface area contributed by atoms with Crippen molar-refractivity contribution in [1.29, 1.82) is 0 Å². The van der Waals surface area contributed by atoms with Crippen LogP contribution in [0.1, 0.15) is 48.2 Å². The SMILES string of the molecule is CO[C@]1(c2ccnc(C(N)=O)c2)[C@@H]2CCC[C@H]1CN(CC1(F)CCOCC1)C2.Cl. The summed E-state index contributed by atoms with van der Waals surface area (Å²) in [5.74, 6) is -0.0391. The lowest BCUT2D eigenvalue weighted by atomic mass is 9.62. The van der Waals surface area contributed by atoms with Gasteiger partial charge in [-0.05, 0) is 30.5 Å². The Morgan fingerprint density at radius 3 is 2.59 bits per heavy atom. The number of carbonyl (C=O) groups is 1. The third-order valence-electron chi connectivity index (χ3n) is 6.97. The standard InChI is InChI=1S/C21H30FN3O3.ClH/c1-27-21(15-5-8-24-18(11-15)19(23)26)16-3-2-4-17(21)13-25(12-16)14-20(22)6-9-28-10-7-20;/h5,8,11,16-17H,2-4,6-7,9-10,12-14H2,1H3,(H2,23,26);1H/t16-,17+,21-;. The third-order valence-corrected chi connectivity index (χ3v) is 6.97. The number of alkyl halides is 1. The number of hydrogen-bond acceptors (Lipinski definition) is 5. The zero-order valence-corrected chi connectivity index (χ0v) is 17.8. The third kappa shape index (κ3) is 4.15. The minimum Gasteiger partial charge on any atom is -0.381 e. The summed E-state index contributed by atoms with van der Waals surface area (Å²) < 4.78 is 26.8. The molecular weight excluding hydrogens is 397 g/mol. The van der Waals surface area contributed by atoms with Crippen molar-refractivity contribution in [3.63, 3.8) is 0 Å². The summed E-state index contributed by atoms with van der Waals surface area (Å²) in [7, 11) is 1.75. The predicted molar refractivity (Wildman–Crippen MR) is 110 cm³/mol. The molecule has 0 unspecified atom stereocenters. The number of primary amides is 1. The van der Waals surface area contributed by atoms with E-state index in [9.17, 15) is 4.79 Å². The quantitative estimate of drug-likeness (QED) is 0.781. The normalized spacial score (nSPS) is 31.7. The molecule has 2 saturated heterocycles. The van der Waals surface area contributed by atoms with Gasteiger partial charge in [-0.3, -0.25) is 14.7 Å². The molecule has 0 spiro atoms. The van der Waals surface area contributed by atoms with Gasteiger partial charge in [-0.15, -0.1) is 12.4 Å². The Kier molecular flexibility index (Phi) is 6.83.